The molecule has 238 valence electrons. The van der Waals surface area contributed by atoms with Crippen LogP contribution in [0.2, 0.25) is 0 Å². The van der Waals surface area contributed by atoms with Crippen LogP contribution in [0.3, 0.4) is 0 Å². The lowest BCUT2D eigenvalue weighted by Gasteiger charge is -2.24. The van der Waals surface area contributed by atoms with E-state index in [1.54, 1.807) is 14.2 Å². The first kappa shape index (κ1) is 33.1. The highest BCUT2D eigenvalue weighted by molar-refractivity contribution is 8.01. The molecule has 0 N–H and O–H groups in total. The Balaban J connectivity index is 1.71. The number of hydrogen-bond donors (Lipinski definition) is 0. The van der Waals surface area contributed by atoms with Crippen LogP contribution < -0.4 is 0 Å². The van der Waals surface area contributed by atoms with Gasteiger partial charge in [-0.3, -0.25) is 0 Å². The van der Waals surface area contributed by atoms with Gasteiger partial charge in [-0.15, -0.1) is 11.3 Å². The maximum atomic E-state index is 6.02. The third kappa shape index (κ3) is 6.41. The van der Waals surface area contributed by atoms with Crippen LogP contribution in [-0.2, 0) is 9.47 Å². The molecule has 0 radical (unpaired) electrons. The molecule has 6 rings (SSSR count). The highest BCUT2D eigenvalue weighted by Gasteiger charge is 2.24. The monoisotopic (exact) mass is 654 g/mol. The van der Waals surface area contributed by atoms with Crippen molar-refractivity contribution in [2.45, 2.75) is 80.6 Å². The van der Waals surface area contributed by atoms with Crippen molar-refractivity contribution in [2.24, 2.45) is 0 Å². The van der Waals surface area contributed by atoms with Gasteiger partial charge in [-0.2, -0.15) is 0 Å². The lowest BCUT2D eigenvalue weighted by molar-refractivity contribution is 0.0344. The van der Waals surface area contributed by atoms with Gasteiger partial charge in [0.15, 0.2) is 0 Å². The first-order chi connectivity index (χ1) is 22.8. The minimum absolute atomic E-state index is 0.501. The number of benzene rings is 5. The predicted octanol–water partition coefficient (Wildman–Crippen LogP) is 11.9. The smallest absolute Gasteiger partial charge is 0.128 e. The molecule has 0 bridgehead atoms. The third-order valence-corrected chi connectivity index (χ3v) is 12.0. The van der Waals surface area contributed by atoms with Gasteiger partial charge in [-0.25, -0.2) is 0 Å². The van der Waals surface area contributed by atoms with E-state index in [2.05, 4.69) is 137 Å². The molecule has 0 unspecified atom stereocenters. The van der Waals surface area contributed by atoms with E-state index in [1.165, 1.54) is 35.5 Å². The maximum absolute atomic E-state index is 6.02. The first-order valence-electron chi connectivity index (χ1n) is 16.6. The Morgan fingerprint density at radius 2 is 1.09 bits per heavy atom. The molecule has 0 saturated heterocycles. The molecule has 0 atom stereocenters. The quantitative estimate of drug-likeness (QED) is 0.120. The van der Waals surface area contributed by atoms with Crippen LogP contribution in [0.25, 0.3) is 42.4 Å². The molecule has 2 nitrogen and oxygen atoms in total. The lowest BCUT2D eigenvalue weighted by Crippen LogP contribution is -2.27. The fraction of sp³-hybridized carbons (Fsp3) is 0.302. The average molecular weight is 655 g/mol. The van der Waals surface area contributed by atoms with Crippen LogP contribution in [0, 0.1) is 30.6 Å². The van der Waals surface area contributed by atoms with Crippen molar-refractivity contribution < 1.29 is 9.47 Å². The van der Waals surface area contributed by atoms with E-state index in [0.717, 1.165) is 58.4 Å². The Bertz CT molecular complexity index is 2060. The predicted molar refractivity (Wildman–Crippen MR) is 204 cm³/mol. The van der Waals surface area contributed by atoms with Gasteiger partial charge in [0, 0.05) is 40.3 Å². The van der Waals surface area contributed by atoms with E-state index >= 15 is 0 Å². The van der Waals surface area contributed by atoms with Gasteiger partial charge in [-0.05, 0) is 107 Å². The number of thiophene rings is 1. The van der Waals surface area contributed by atoms with Crippen LogP contribution >= 0.6 is 23.1 Å². The summed E-state index contributed by atoms with van der Waals surface area (Å²) in [6.07, 6.45) is 3.27. The van der Waals surface area contributed by atoms with Gasteiger partial charge in [0.25, 0.3) is 0 Å². The molecule has 1 heterocycles. The normalized spacial score (nSPS) is 12.0. The van der Waals surface area contributed by atoms with Gasteiger partial charge in [0.1, 0.15) is 11.2 Å². The zero-order valence-corrected chi connectivity index (χ0v) is 30.1. The van der Waals surface area contributed by atoms with Gasteiger partial charge < -0.3 is 9.47 Å². The van der Waals surface area contributed by atoms with Crippen LogP contribution in [0.1, 0.15) is 70.1 Å². The second kappa shape index (κ2) is 13.8. The highest BCUT2D eigenvalue weighted by atomic mass is 32.2. The molecule has 6 aromatic rings. The fourth-order valence-corrected chi connectivity index (χ4v) is 8.58. The summed E-state index contributed by atoms with van der Waals surface area (Å²) < 4.78 is 14.5. The van der Waals surface area contributed by atoms with Crippen LogP contribution in [0.15, 0.2) is 88.0 Å². The molecule has 0 aliphatic heterocycles. The van der Waals surface area contributed by atoms with Crippen LogP contribution in [0.4, 0.5) is 0 Å². The van der Waals surface area contributed by atoms with E-state index in [9.17, 15) is 0 Å². The summed E-state index contributed by atoms with van der Waals surface area (Å²) in [6.45, 7) is 10.7. The molecule has 0 spiro atoms. The topological polar surface area (TPSA) is 18.5 Å². The summed E-state index contributed by atoms with van der Waals surface area (Å²) in [5.74, 6) is 14.6. The van der Waals surface area contributed by atoms with E-state index < -0.39 is 11.2 Å². The van der Waals surface area contributed by atoms with Gasteiger partial charge >= 0.3 is 0 Å². The van der Waals surface area contributed by atoms with Crippen molar-refractivity contribution in [3.63, 3.8) is 0 Å². The van der Waals surface area contributed by atoms with Gasteiger partial charge in [0.05, 0.1) is 4.21 Å². The fourth-order valence-electron chi connectivity index (χ4n) is 6.35. The number of fused-ring (bicyclic) bond motifs is 4. The lowest BCUT2D eigenvalue weighted by atomic mass is 9.88. The molecule has 0 amide bonds. The first-order valence-corrected chi connectivity index (χ1v) is 18.2. The van der Waals surface area contributed by atoms with E-state index in [1.807, 2.05) is 23.1 Å². The van der Waals surface area contributed by atoms with E-state index in [0.29, 0.717) is 0 Å². The van der Waals surface area contributed by atoms with E-state index in [-0.39, 0.29) is 0 Å². The second-order valence-electron chi connectivity index (χ2n) is 12.2. The molecule has 4 heteroatoms. The Morgan fingerprint density at radius 1 is 0.617 bits per heavy atom. The maximum Gasteiger partial charge on any atom is 0.128 e. The number of hydrogen-bond acceptors (Lipinski definition) is 4. The molecule has 5 aromatic carbocycles. The summed E-state index contributed by atoms with van der Waals surface area (Å²) in [5.41, 5.74) is 2.32. The number of methoxy groups -OCH3 is 2. The van der Waals surface area contributed by atoms with Crippen LogP contribution in [-0.4, -0.2) is 25.4 Å². The number of ether oxygens (including phenoxy) is 2. The zero-order chi connectivity index (χ0) is 33.2. The number of rotatable bonds is 8. The second-order valence-corrected chi connectivity index (χ2v) is 14.7. The summed E-state index contributed by atoms with van der Waals surface area (Å²) in [5, 5.41) is 8.07. The largest absolute Gasteiger partial charge is 0.366 e. The molecule has 1 aromatic heterocycles. The summed E-state index contributed by atoms with van der Waals surface area (Å²) in [4.78, 5) is 1.24. The Labute approximate surface area is 287 Å². The van der Waals surface area contributed by atoms with Gasteiger partial charge in [-0.1, -0.05) is 105 Å². The van der Waals surface area contributed by atoms with Crippen molar-refractivity contribution in [2.75, 3.05) is 14.2 Å². The standard InChI is InChI=1S/C43H42O2S2/c1-8-42(9-2,44-6)22-20-34-36-24-30-14-12-13-15-31(30)25-37(36)35(21-23-43(10-3,11-4)45-7)39-28-40-32(26-38(34)39)27-41(47-40)46-33-18-16-29(5)17-19-33/h12-19,24-28H,8-11H2,1-7H3. The highest BCUT2D eigenvalue weighted by Crippen LogP contribution is 2.42. The Kier molecular flexibility index (Phi) is 9.70. The molecule has 47 heavy (non-hydrogen) atoms. The van der Waals surface area contributed by atoms with Crippen molar-refractivity contribution in [3.05, 3.63) is 95.6 Å². The van der Waals surface area contributed by atoms with Crippen molar-refractivity contribution >= 4 is 65.5 Å². The van der Waals surface area contributed by atoms with Crippen molar-refractivity contribution in [1.29, 1.82) is 0 Å². The van der Waals surface area contributed by atoms with Crippen molar-refractivity contribution in [3.8, 4) is 23.7 Å². The summed E-state index contributed by atoms with van der Waals surface area (Å²) >= 11 is 3.65. The van der Waals surface area contributed by atoms with Crippen LogP contribution in [0.5, 0.6) is 0 Å². The summed E-state index contributed by atoms with van der Waals surface area (Å²) in [6, 6.07) is 28.9. The van der Waals surface area contributed by atoms with E-state index in [4.69, 9.17) is 9.47 Å². The molecule has 0 aliphatic carbocycles. The average Bonchev–Trinajstić information content (AvgIpc) is 3.50. The minimum atomic E-state index is -0.501. The minimum Gasteiger partial charge on any atom is -0.366 e. The van der Waals surface area contributed by atoms with Crippen molar-refractivity contribution in [1.82, 2.24) is 0 Å². The SMILES string of the molecule is CCC(C#Cc1c2cc3ccccc3cc2c(C#CC(CC)(CC)OC)c2cc3sc(Sc4ccc(C)cc4)cc3cc12)(CC)OC. The molecule has 0 aliphatic rings. The Hall–Kier alpha value is -3.77. The molecular weight excluding hydrogens is 613 g/mol. The Morgan fingerprint density at radius 3 is 1.55 bits per heavy atom. The molecular formula is C43H42O2S2. The number of aryl methyl sites for hydroxylation is 1. The molecule has 0 saturated carbocycles. The molecule has 0 fully saturated rings. The summed E-state index contributed by atoms with van der Waals surface area (Å²) in [7, 11) is 3.55. The zero-order valence-electron chi connectivity index (χ0n) is 28.5. The van der Waals surface area contributed by atoms with Gasteiger partial charge in [0.2, 0.25) is 0 Å². The third-order valence-electron chi connectivity index (χ3n) is 9.73.